The van der Waals surface area contributed by atoms with Crippen molar-refractivity contribution in [2.24, 2.45) is 5.73 Å². The molecule has 1 aliphatic heterocycles. The maximum absolute atomic E-state index is 5.76. The Kier molecular flexibility index (Phi) is 5.02. The van der Waals surface area contributed by atoms with Gasteiger partial charge in [0.15, 0.2) is 0 Å². The number of rotatable bonds is 6. The summed E-state index contributed by atoms with van der Waals surface area (Å²) in [5.74, 6) is 0.979. The lowest BCUT2D eigenvalue weighted by Crippen LogP contribution is -2.36. The highest BCUT2D eigenvalue weighted by molar-refractivity contribution is 5.27. The first-order chi connectivity index (χ1) is 8.79. The number of aryl methyl sites for hydroxylation is 1. The van der Waals surface area contributed by atoms with Crippen LogP contribution in [0.4, 0.5) is 0 Å². The van der Waals surface area contributed by atoms with E-state index < -0.39 is 0 Å². The Hall–Kier alpha value is -1.06. The monoisotopic (exact) mass is 248 g/mol. The summed E-state index contributed by atoms with van der Waals surface area (Å²) in [6.45, 7) is 5.97. The van der Waals surface area contributed by atoms with Gasteiger partial charge in [-0.1, -0.05) is 12.1 Å². The quantitative estimate of drug-likeness (QED) is 0.784. The molecule has 18 heavy (non-hydrogen) atoms. The van der Waals surface area contributed by atoms with E-state index in [1.807, 2.05) is 12.1 Å². The van der Waals surface area contributed by atoms with Crippen LogP contribution in [0, 0.1) is 6.92 Å². The van der Waals surface area contributed by atoms with Gasteiger partial charge in [-0.05, 0) is 50.4 Å². The fourth-order valence-electron chi connectivity index (χ4n) is 2.62. The SMILES string of the molecule is Cc1cccc(OCCCN2CCCC2CN)c1. The molecular formula is C15H24N2O. The summed E-state index contributed by atoms with van der Waals surface area (Å²) in [5.41, 5.74) is 7.01. The molecule has 0 bridgehead atoms. The summed E-state index contributed by atoms with van der Waals surface area (Å²) in [7, 11) is 0. The third-order valence-corrected chi connectivity index (χ3v) is 3.62. The lowest BCUT2D eigenvalue weighted by Gasteiger charge is -2.22. The molecule has 1 aliphatic rings. The van der Waals surface area contributed by atoms with Gasteiger partial charge in [0.2, 0.25) is 0 Å². The summed E-state index contributed by atoms with van der Waals surface area (Å²) >= 11 is 0. The van der Waals surface area contributed by atoms with E-state index in [0.717, 1.165) is 31.9 Å². The zero-order valence-electron chi connectivity index (χ0n) is 11.3. The van der Waals surface area contributed by atoms with Crippen LogP contribution in [0.3, 0.4) is 0 Å². The molecule has 0 aromatic heterocycles. The molecule has 0 spiro atoms. The van der Waals surface area contributed by atoms with Crippen LogP contribution in [0.5, 0.6) is 5.75 Å². The number of hydrogen-bond donors (Lipinski definition) is 1. The van der Waals surface area contributed by atoms with Crippen molar-refractivity contribution in [2.45, 2.75) is 32.2 Å². The standard InChI is InChI=1S/C15H24N2O/c1-13-5-2-7-15(11-13)18-10-4-9-17-8-3-6-14(17)12-16/h2,5,7,11,14H,3-4,6,8-10,12,16H2,1H3. The lowest BCUT2D eigenvalue weighted by molar-refractivity contribution is 0.224. The first kappa shape index (κ1) is 13.4. The molecule has 3 nitrogen and oxygen atoms in total. The Morgan fingerprint density at radius 1 is 1.44 bits per heavy atom. The fraction of sp³-hybridized carbons (Fsp3) is 0.600. The first-order valence-corrected chi connectivity index (χ1v) is 6.93. The molecule has 1 atom stereocenters. The molecule has 0 aliphatic carbocycles. The van der Waals surface area contributed by atoms with Crippen molar-refractivity contribution in [1.29, 1.82) is 0 Å². The summed E-state index contributed by atoms with van der Waals surface area (Å²) in [4.78, 5) is 2.50. The van der Waals surface area contributed by atoms with Gasteiger partial charge in [0.05, 0.1) is 6.61 Å². The molecule has 0 radical (unpaired) electrons. The third-order valence-electron chi connectivity index (χ3n) is 3.62. The minimum absolute atomic E-state index is 0.601. The Morgan fingerprint density at radius 2 is 2.33 bits per heavy atom. The van der Waals surface area contributed by atoms with Crippen molar-refractivity contribution >= 4 is 0 Å². The van der Waals surface area contributed by atoms with E-state index in [0.29, 0.717) is 6.04 Å². The lowest BCUT2D eigenvalue weighted by atomic mass is 10.2. The molecule has 0 amide bonds. The molecule has 1 aromatic rings. The van der Waals surface area contributed by atoms with Crippen molar-refractivity contribution in [3.63, 3.8) is 0 Å². The third kappa shape index (κ3) is 3.72. The normalized spacial score (nSPS) is 20.2. The minimum atomic E-state index is 0.601. The molecule has 1 saturated heterocycles. The van der Waals surface area contributed by atoms with Gasteiger partial charge < -0.3 is 10.5 Å². The summed E-state index contributed by atoms with van der Waals surface area (Å²) < 4.78 is 5.76. The highest BCUT2D eigenvalue weighted by atomic mass is 16.5. The van der Waals surface area contributed by atoms with Crippen LogP contribution < -0.4 is 10.5 Å². The fourth-order valence-corrected chi connectivity index (χ4v) is 2.62. The Morgan fingerprint density at radius 3 is 3.11 bits per heavy atom. The van der Waals surface area contributed by atoms with E-state index in [9.17, 15) is 0 Å². The molecule has 0 saturated carbocycles. The maximum Gasteiger partial charge on any atom is 0.119 e. The summed E-state index contributed by atoms with van der Waals surface area (Å²) in [6, 6.07) is 8.83. The summed E-state index contributed by atoms with van der Waals surface area (Å²) in [6.07, 6.45) is 3.63. The molecular weight excluding hydrogens is 224 g/mol. The second-order valence-electron chi connectivity index (χ2n) is 5.09. The van der Waals surface area contributed by atoms with Crippen molar-refractivity contribution in [3.05, 3.63) is 29.8 Å². The molecule has 2 rings (SSSR count). The molecule has 2 N–H and O–H groups in total. The van der Waals surface area contributed by atoms with E-state index >= 15 is 0 Å². The first-order valence-electron chi connectivity index (χ1n) is 6.93. The van der Waals surface area contributed by atoms with Crippen LogP contribution in [0.25, 0.3) is 0 Å². The smallest absolute Gasteiger partial charge is 0.119 e. The predicted molar refractivity (Wildman–Crippen MR) is 74.9 cm³/mol. The van der Waals surface area contributed by atoms with E-state index in [-0.39, 0.29) is 0 Å². The number of likely N-dealkylation sites (tertiary alicyclic amines) is 1. The van der Waals surface area contributed by atoms with E-state index in [1.165, 1.54) is 24.9 Å². The minimum Gasteiger partial charge on any atom is -0.494 e. The molecule has 3 heteroatoms. The van der Waals surface area contributed by atoms with Gasteiger partial charge in [-0.2, -0.15) is 0 Å². The van der Waals surface area contributed by atoms with Gasteiger partial charge in [0.1, 0.15) is 5.75 Å². The van der Waals surface area contributed by atoms with Crippen LogP contribution in [0.1, 0.15) is 24.8 Å². The average Bonchev–Trinajstić information content (AvgIpc) is 2.82. The van der Waals surface area contributed by atoms with Crippen molar-refractivity contribution in [3.8, 4) is 5.75 Å². The van der Waals surface area contributed by atoms with Crippen LogP contribution >= 0.6 is 0 Å². The highest BCUT2D eigenvalue weighted by Gasteiger charge is 2.22. The van der Waals surface area contributed by atoms with Gasteiger partial charge in [-0.15, -0.1) is 0 Å². The van der Waals surface area contributed by atoms with Gasteiger partial charge >= 0.3 is 0 Å². The predicted octanol–water partition coefficient (Wildman–Crippen LogP) is 2.19. The molecule has 1 unspecified atom stereocenters. The number of hydrogen-bond acceptors (Lipinski definition) is 3. The second kappa shape index (κ2) is 6.76. The van der Waals surface area contributed by atoms with Gasteiger partial charge in [0, 0.05) is 19.1 Å². The molecule has 1 aromatic carbocycles. The Labute approximate surface area is 110 Å². The maximum atomic E-state index is 5.76. The van der Waals surface area contributed by atoms with E-state index in [2.05, 4.69) is 24.0 Å². The molecule has 1 heterocycles. The van der Waals surface area contributed by atoms with Crippen LogP contribution in [0.15, 0.2) is 24.3 Å². The van der Waals surface area contributed by atoms with Crippen LogP contribution in [0.2, 0.25) is 0 Å². The highest BCUT2D eigenvalue weighted by Crippen LogP contribution is 2.16. The Bertz CT molecular complexity index is 367. The van der Waals surface area contributed by atoms with Crippen LogP contribution in [-0.2, 0) is 0 Å². The van der Waals surface area contributed by atoms with Crippen molar-refractivity contribution in [2.75, 3.05) is 26.2 Å². The van der Waals surface area contributed by atoms with Gasteiger partial charge in [-0.3, -0.25) is 4.90 Å². The topological polar surface area (TPSA) is 38.5 Å². The number of benzene rings is 1. The van der Waals surface area contributed by atoms with Gasteiger partial charge in [-0.25, -0.2) is 0 Å². The molecule has 1 fully saturated rings. The number of nitrogens with two attached hydrogens (primary N) is 1. The summed E-state index contributed by atoms with van der Waals surface area (Å²) in [5, 5.41) is 0. The van der Waals surface area contributed by atoms with Gasteiger partial charge in [0.25, 0.3) is 0 Å². The zero-order valence-corrected chi connectivity index (χ0v) is 11.3. The van der Waals surface area contributed by atoms with E-state index in [1.54, 1.807) is 0 Å². The largest absolute Gasteiger partial charge is 0.494 e. The number of ether oxygens (including phenoxy) is 1. The zero-order chi connectivity index (χ0) is 12.8. The van der Waals surface area contributed by atoms with Crippen LogP contribution in [-0.4, -0.2) is 37.2 Å². The Balaban J connectivity index is 1.67. The van der Waals surface area contributed by atoms with E-state index in [4.69, 9.17) is 10.5 Å². The average molecular weight is 248 g/mol. The number of nitrogens with zero attached hydrogens (tertiary/aromatic N) is 1. The molecule has 100 valence electrons. The second-order valence-corrected chi connectivity index (χ2v) is 5.09. The van der Waals surface area contributed by atoms with Crippen molar-refractivity contribution < 1.29 is 4.74 Å². The van der Waals surface area contributed by atoms with Crippen molar-refractivity contribution in [1.82, 2.24) is 4.90 Å².